The molecule has 1 N–H and O–H groups in total. The number of ether oxygens (including phenoxy) is 2. The summed E-state index contributed by atoms with van der Waals surface area (Å²) in [6.07, 6.45) is 0. The van der Waals surface area contributed by atoms with Crippen molar-refractivity contribution in [1.29, 1.82) is 0 Å². The van der Waals surface area contributed by atoms with Gasteiger partial charge in [-0.1, -0.05) is 30.3 Å². The Morgan fingerprint density at radius 3 is 2.68 bits per heavy atom. The molecule has 0 aliphatic rings. The normalized spacial score (nSPS) is 10.8. The molecule has 1 heterocycles. The van der Waals surface area contributed by atoms with Crippen molar-refractivity contribution < 1.29 is 9.47 Å². The van der Waals surface area contributed by atoms with Crippen LogP contribution in [0.15, 0.2) is 53.3 Å². The van der Waals surface area contributed by atoms with Gasteiger partial charge in [-0.3, -0.25) is 4.79 Å². The van der Waals surface area contributed by atoms with E-state index in [0.29, 0.717) is 29.1 Å². The van der Waals surface area contributed by atoms with E-state index in [-0.39, 0.29) is 12.2 Å². The minimum absolute atomic E-state index is 0.192. The Morgan fingerprint density at radius 2 is 1.91 bits per heavy atom. The van der Waals surface area contributed by atoms with Gasteiger partial charge in [-0.25, -0.2) is 4.98 Å². The molecule has 0 saturated carbocycles. The highest BCUT2D eigenvalue weighted by Gasteiger charge is 2.05. The van der Waals surface area contributed by atoms with Gasteiger partial charge in [-0.05, 0) is 23.8 Å². The molecule has 22 heavy (non-hydrogen) atoms. The van der Waals surface area contributed by atoms with E-state index in [0.717, 1.165) is 5.56 Å². The minimum atomic E-state index is -0.192. The lowest BCUT2D eigenvalue weighted by molar-refractivity contribution is 0.102. The van der Waals surface area contributed by atoms with Crippen molar-refractivity contribution in [2.45, 2.75) is 13.2 Å². The van der Waals surface area contributed by atoms with Crippen LogP contribution >= 0.6 is 0 Å². The molecule has 0 aliphatic carbocycles. The fourth-order valence-corrected chi connectivity index (χ4v) is 2.20. The third kappa shape index (κ3) is 3.15. The second kappa shape index (κ2) is 6.41. The zero-order valence-electron chi connectivity index (χ0n) is 12.2. The van der Waals surface area contributed by atoms with E-state index in [1.807, 2.05) is 30.3 Å². The molecular weight excluding hydrogens is 280 g/mol. The van der Waals surface area contributed by atoms with E-state index >= 15 is 0 Å². The summed E-state index contributed by atoms with van der Waals surface area (Å²) < 4.78 is 10.7. The number of nitrogens with zero attached hydrogens (tertiary/aromatic N) is 1. The number of aromatic amines is 1. The molecule has 0 aliphatic heterocycles. The summed E-state index contributed by atoms with van der Waals surface area (Å²) in [7, 11) is 1.56. The Hall–Kier alpha value is -2.66. The van der Waals surface area contributed by atoms with Crippen LogP contribution in [0.5, 0.6) is 5.75 Å². The summed E-state index contributed by atoms with van der Waals surface area (Å²) in [5, 5.41) is 0.506. The molecule has 3 aromatic rings. The van der Waals surface area contributed by atoms with Crippen molar-refractivity contribution in [3.8, 4) is 5.75 Å². The van der Waals surface area contributed by atoms with Crippen LogP contribution < -0.4 is 10.3 Å². The summed E-state index contributed by atoms with van der Waals surface area (Å²) in [4.78, 5) is 19.2. The Labute approximate surface area is 127 Å². The van der Waals surface area contributed by atoms with Gasteiger partial charge in [0.05, 0.1) is 24.6 Å². The molecule has 2 aromatic carbocycles. The SMILES string of the molecule is COc1ccc2nc(COCc3ccccc3)[nH]c(=O)c2c1. The van der Waals surface area contributed by atoms with E-state index in [1.165, 1.54) is 0 Å². The van der Waals surface area contributed by atoms with Crippen molar-refractivity contribution in [3.63, 3.8) is 0 Å². The largest absolute Gasteiger partial charge is 0.497 e. The quantitative estimate of drug-likeness (QED) is 0.786. The van der Waals surface area contributed by atoms with Crippen LogP contribution in [0.2, 0.25) is 0 Å². The lowest BCUT2D eigenvalue weighted by atomic mass is 10.2. The zero-order valence-corrected chi connectivity index (χ0v) is 12.2. The predicted molar refractivity (Wildman–Crippen MR) is 83.9 cm³/mol. The van der Waals surface area contributed by atoms with Crippen molar-refractivity contribution in [2.24, 2.45) is 0 Å². The molecule has 0 atom stereocenters. The number of rotatable bonds is 5. The number of fused-ring (bicyclic) bond motifs is 1. The zero-order chi connectivity index (χ0) is 15.4. The maximum absolute atomic E-state index is 12.1. The first-order valence-corrected chi connectivity index (χ1v) is 6.95. The molecule has 0 radical (unpaired) electrons. The van der Waals surface area contributed by atoms with Crippen LogP contribution in [0.4, 0.5) is 0 Å². The van der Waals surface area contributed by atoms with E-state index in [9.17, 15) is 4.79 Å². The number of H-pyrrole nitrogens is 1. The van der Waals surface area contributed by atoms with Crippen molar-refractivity contribution in [3.05, 3.63) is 70.3 Å². The lowest BCUT2D eigenvalue weighted by Gasteiger charge is -2.06. The minimum Gasteiger partial charge on any atom is -0.497 e. The van der Waals surface area contributed by atoms with Gasteiger partial charge in [0.15, 0.2) is 0 Å². The van der Waals surface area contributed by atoms with Gasteiger partial charge < -0.3 is 14.5 Å². The Bertz CT molecular complexity index is 828. The Balaban J connectivity index is 1.76. The number of methoxy groups -OCH3 is 1. The average molecular weight is 296 g/mol. The molecule has 0 fully saturated rings. The van der Waals surface area contributed by atoms with E-state index < -0.39 is 0 Å². The van der Waals surface area contributed by atoms with Crippen molar-refractivity contribution in [1.82, 2.24) is 9.97 Å². The molecule has 0 bridgehead atoms. The maximum Gasteiger partial charge on any atom is 0.258 e. The van der Waals surface area contributed by atoms with E-state index in [2.05, 4.69) is 9.97 Å². The average Bonchev–Trinajstić information content (AvgIpc) is 2.56. The fourth-order valence-electron chi connectivity index (χ4n) is 2.20. The molecular formula is C17H16N2O3. The molecule has 0 amide bonds. The predicted octanol–water partition coefficient (Wildman–Crippen LogP) is 2.65. The Morgan fingerprint density at radius 1 is 1.09 bits per heavy atom. The van der Waals surface area contributed by atoms with Crippen LogP contribution in [-0.2, 0) is 18.0 Å². The Kier molecular flexibility index (Phi) is 4.16. The van der Waals surface area contributed by atoms with Crippen molar-refractivity contribution in [2.75, 3.05) is 7.11 Å². The second-order valence-electron chi connectivity index (χ2n) is 4.87. The molecule has 1 aromatic heterocycles. The number of hydrogen-bond donors (Lipinski definition) is 1. The highest BCUT2D eigenvalue weighted by atomic mass is 16.5. The molecule has 112 valence electrons. The van der Waals surface area contributed by atoms with Gasteiger partial charge in [0.1, 0.15) is 18.2 Å². The molecule has 0 saturated heterocycles. The van der Waals surface area contributed by atoms with E-state index in [1.54, 1.807) is 25.3 Å². The van der Waals surface area contributed by atoms with Gasteiger partial charge in [-0.15, -0.1) is 0 Å². The summed E-state index contributed by atoms with van der Waals surface area (Å²) in [5.74, 6) is 1.14. The number of nitrogens with one attached hydrogen (secondary N) is 1. The van der Waals surface area contributed by atoms with Crippen LogP contribution in [0.25, 0.3) is 10.9 Å². The highest BCUT2D eigenvalue weighted by Crippen LogP contribution is 2.16. The van der Waals surface area contributed by atoms with E-state index in [4.69, 9.17) is 9.47 Å². The number of aromatic nitrogens is 2. The van der Waals surface area contributed by atoms with Gasteiger partial charge >= 0.3 is 0 Å². The maximum atomic E-state index is 12.1. The molecule has 0 unspecified atom stereocenters. The monoisotopic (exact) mass is 296 g/mol. The van der Waals surface area contributed by atoms with Crippen LogP contribution in [0.1, 0.15) is 11.4 Å². The fraction of sp³-hybridized carbons (Fsp3) is 0.176. The smallest absolute Gasteiger partial charge is 0.258 e. The lowest BCUT2D eigenvalue weighted by Crippen LogP contribution is -2.13. The van der Waals surface area contributed by atoms with Crippen LogP contribution in [-0.4, -0.2) is 17.1 Å². The summed E-state index contributed by atoms with van der Waals surface area (Å²) in [6, 6.07) is 15.1. The standard InChI is InChI=1S/C17H16N2O3/c1-21-13-7-8-15-14(9-13)17(20)19-16(18-15)11-22-10-12-5-3-2-4-6-12/h2-9H,10-11H2,1H3,(H,18,19,20). The third-order valence-electron chi connectivity index (χ3n) is 3.31. The molecule has 5 nitrogen and oxygen atoms in total. The summed E-state index contributed by atoms with van der Waals surface area (Å²) >= 11 is 0. The molecule has 5 heteroatoms. The van der Waals surface area contributed by atoms with Gasteiger partial charge in [-0.2, -0.15) is 0 Å². The second-order valence-corrected chi connectivity index (χ2v) is 4.87. The first-order chi connectivity index (χ1) is 10.8. The highest BCUT2D eigenvalue weighted by molar-refractivity contribution is 5.79. The first kappa shape index (κ1) is 14.3. The third-order valence-corrected chi connectivity index (χ3v) is 3.31. The first-order valence-electron chi connectivity index (χ1n) is 6.95. The summed E-state index contributed by atoms with van der Waals surface area (Å²) in [5.41, 5.74) is 1.51. The molecule has 3 rings (SSSR count). The van der Waals surface area contributed by atoms with Crippen LogP contribution in [0.3, 0.4) is 0 Å². The van der Waals surface area contributed by atoms with Crippen molar-refractivity contribution >= 4 is 10.9 Å². The van der Waals surface area contributed by atoms with Gasteiger partial charge in [0.25, 0.3) is 5.56 Å². The molecule has 0 spiro atoms. The number of hydrogen-bond acceptors (Lipinski definition) is 4. The van der Waals surface area contributed by atoms with Gasteiger partial charge in [0, 0.05) is 0 Å². The number of benzene rings is 2. The topological polar surface area (TPSA) is 64.2 Å². The van der Waals surface area contributed by atoms with Crippen LogP contribution in [0, 0.1) is 0 Å². The van der Waals surface area contributed by atoms with Gasteiger partial charge in [0.2, 0.25) is 0 Å². The summed E-state index contributed by atoms with van der Waals surface area (Å²) in [6.45, 7) is 0.733.